The summed E-state index contributed by atoms with van der Waals surface area (Å²) >= 11 is 0. The number of aryl methyl sites for hydroxylation is 2. The second kappa shape index (κ2) is 7.84. The maximum atomic E-state index is 4.67. The molecule has 0 aliphatic carbocycles. The fourth-order valence-corrected chi connectivity index (χ4v) is 2.50. The highest BCUT2D eigenvalue weighted by Crippen LogP contribution is 2.14. The van der Waals surface area contributed by atoms with E-state index in [9.17, 15) is 0 Å². The third-order valence-corrected chi connectivity index (χ3v) is 3.58. The zero-order chi connectivity index (χ0) is 15.1. The predicted molar refractivity (Wildman–Crippen MR) is 85.4 cm³/mol. The molecule has 2 aromatic heterocycles. The number of nitrogens with one attached hydrogen (secondary N) is 1. The normalized spacial score (nSPS) is 10.8. The topological polar surface area (TPSA) is 50.7 Å². The van der Waals surface area contributed by atoms with Crippen LogP contribution in [0.1, 0.15) is 41.7 Å². The standard InChI is InChI=1S/C17H24N4/c1-4-18-9-6-8-16-13(2)20-17(21-14(16)3)11-15-7-5-10-19-12-15/h5,7,10,12,18H,4,6,8-9,11H2,1-3H3. The lowest BCUT2D eigenvalue weighted by Crippen LogP contribution is -2.15. The van der Waals surface area contributed by atoms with Gasteiger partial charge in [0, 0.05) is 30.2 Å². The summed E-state index contributed by atoms with van der Waals surface area (Å²) in [6.45, 7) is 8.38. The first kappa shape index (κ1) is 15.6. The SMILES string of the molecule is CCNCCCc1c(C)nc(Cc2cccnc2)nc1C. The number of hydrogen-bond donors (Lipinski definition) is 1. The molecule has 112 valence electrons. The van der Waals surface area contributed by atoms with Crippen molar-refractivity contribution < 1.29 is 0 Å². The zero-order valence-corrected chi connectivity index (χ0v) is 13.2. The Hall–Kier alpha value is -1.81. The van der Waals surface area contributed by atoms with Crippen LogP contribution in [0.3, 0.4) is 0 Å². The largest absolute Gasteiger partial charge is 0.317 e. The molecule has 0 fully saturated rings. The van der Waals surface area contributed by atoms with Gasteiger partial charge in [-0.3, -0.25) is 4.98 Å². The zero-order valence-electron chi connectivity index (χ0n) is 13.2. The van der Waals surface area contributed by atoms with E-state index in [4.69, 9.17) is 0 Å². The van der Waals surface area contributed by atoms with Gasteiger partial charge in [0.15, 0.2) is 0 Å². The van der Waals surface area contributed by atoms with E-state index < -0.39 is 0 Å². The Morgan fingerprint density at radius 2 is 1.90 bits per heavy atom. The lowest BCUT2D eigenvalue weighted by atomic mass is 10.1. The molecular formula is C17H24N4. The number of aromatic nitrogens is 3. The van der Waals surface area contributed by atoms with Crippen molar-refractivity contribution in [2.75, 3.05) is 13.1 Å². The highest BCUT2D eigenvalue weighted by Gasteiger charge is 2.09. The van der Waals surface area contributed by atoms with Gasteiger partial charge in [-0.1, -0.05) is 13.0 Å². The van der Waals surface area contributed by atoms with Gasteiger partial charge in [0.05, 0.1) is 0 Å². The van der Waals surface area contributed by atoms with Crippen LogP contribution in [0.5, 0.6) is 0 Å². The quantitative estimate of drug-likeness (QED) is 0.794. The van der Waals surface area contributed by atoms with Crippen LogP contribution in [-0.2, 0) is 12.8 Å². The van der Waals surface area contributed by atoms with Crippen LogP contribution >= 0.6 is 0 Å². The van der Waals surface area contributed by atoms with Gasteiger partial charge in [-0.2, -0.15) is 0 Å². The van der Waals surface area contributed by atoms with Gasteiger partial charge in [-0.15, -0.1) is 0 Å². The molecule has 0 unspecified atom stereocenters. The van der Waals surface area contributed by atoms with Gasteiger partial charge in [0.1, 0.15) is 5.82 Å². The van der Waals surface area contributed by atoms with Crippen LogP contribution in [-0.4, -0.2) is 28.0 Å². The van der Waals surface area contributed by atoms with Crippen molar-refractivity contribution in [3.63, 3.8) is 0 Å². The van der Waals surface area contributed by atoms with E-state index in [1.807, 2.05) is 12.3 Å². The van der Waals surface area contributed by atoms with Crippen molar-refractivity contribution >= 4 is 0 Å². The maximum Gasteiger partial charge on any atom is 0.133 e. The fourth-order valence-electron chi connectivity index (χ4n) is 2.50. The molecular weight excluding hydrogens is 260 g/mol. The van der Waals surface area contributed by atoms with Gasteiger partial charge >= 0.3 is 0 Å². The molecule has 2 aromatic rings. The van der Waals surface area contributed by atoms with Gasteiger partial charge in [-0.05, 0) is 57.0 Å². The van der Waals surface area contributed by atoms with Crippen molar-refractivity contribution in [3.05, 3.63) is 52.9 Å². The predicted octanol–water partition coefficient (Wildman–Crippen LogP) is 2.62. The smallest absolute Gasteiger partial charge is 0.133 e. The molecule has 0 saturated carbocycles. The summed E-state index contributed by atoms with van der Waals surface area (Å²) in [6, 6.07) is 4.01. The van der Waals surface area contributed by atoms with Crippen LogP contribution < -0.4 is 5.32 Å². The van der Waals surface area contributed by atoms with Crippen molar-refractivity contribution in [2.45, 2.75) is 40.0 Å². The van der Waals surface area contributed by atoms with Gasteiger partial charge < -0.3 is 5.32 Å². The molecule has 0 aromatic carbocycles. The summed E-state index contributed by atoms with van der Waals surface area (Å²) in [4.78, 5) is 13.5. The average Bonchev–Trinajstić information content (AvgIpc) is 2.47. The number of nitrogens with zero attached hydrogens (tertiary/aromatic N) is 3. The molecule has 0 atom stereocenters. The van der Waals surface area contributed by atoms with E-state index >= 15 is 0 Å². The third kappa shape index (κ3) is 4.60. The van der Waals surface area contributed by atoms with Crippen molar-refractivity contribution in [2.24, 2.45) is 0 Å². The molecule has 1 N–H and O–H groups in total. The second-order valence-corrected chi connectivity index (χ2v) is 5.28. The Bertz CT molecular complexity index is 543. The lowest BCUT2D eigenvalue weighted by Gasteiger charge is -2.11. The van der Waals surface area contributed by atoms with Crippen molar-refractivity contribution in [1.29, 1.82) is 0 Å². The molecule has 2 heterocycles. The van der Waals surface area contributed by atoms with E-state index in [0.717, 1.165) is 55.1 Å². The molecule has 4 heteroatoms. The molecule has 0 radical (unpaired) electrons. The van der Waals surface area contributed by atoms with Gasteiger partial charge in [0.25, 0.3) is 0 Å². The molecule has 0 saturated heterocycles. The molecule has 0 aliphatic heterocycles. The lowest BCUT2D eigenvalue weighted by molar-refractivity contribution is 0.666. The van der Waals surface area contributed by atoms with Crippen LogP contribution in [0.4, 0.5) is 0 Å². The number of pyridine rings is 1. The van der Waals surface area contributed by atoms with E-state index in [1.165, 1.54) is 5.56 Å². The summed E-state index contributed by atoms with van der Waals surface area (Å²) in [5.41, 5.74) is 4.66. The minimum Gasteiger partial charge on any atom is -0.317 e. The van der Waals surface area contributed by atoms with Crippen molar-refractivity contribution in [3.8, 4) is 0 Å². The monoisotopic (exact) mass is 284 g/mol. The van der Waals surface area contributed by atoms with Gasteiger partial charge in [-0.25, -0.2) is 9.97 Å². The van der Waals surface area contributed by atoms with Crippen LogP contribution in [0.25, 0.3) is 0 Å². The minimum absolute atomic E-state index is 0.743. The van der Waals surface area contributed by atoms with E-state index in [2.05, 4.69) is 47.1 Å². The first-order valence-corrected chi connectivity index (χ1v) is 7.63. The Morgan fingerprint density at radius 3 is 2.52 bits per heavy atom. The average molecular weight is 284 g/mol. The first-order valence-electron chi connectivity index (χ1n) is 7.63. The number of hydrogen-bond acceptors (Lipinski definition) is 4. The van der Waals surface area contributed by atoms with E-state index in [-0.39, 0.29) is 0 Å². The summed E-state index contributed by atoms with van der Waals surface area (Å²) in [5, 5.41) is 3.35. The highest BCUT2D eigenvalue weighted by atomic mass is 14.9. The van der Waals surface area contributed by atoms with Gasteiger partial charge in [0.2, 0.25) is 0 Å². The van der Waals surface area contributed by atoms with Crippen LogP contribution in [0.2, 0.25) is 0 Å². The Morgan fingerprint density at radius 1 is 1.14 bits per heavy atom. The first-order chi connectivity index (χ1) is 10.2. The molecule has 0 bridgehead atoms. The summed E-state index contributed by atoms with van der Waals surface area (Å²) in [5.74, 6) is 0.883. The minimum atomic E-state index is 0.743. The summed E-state index contributed by atoms with van der Waals surface area (Å²) < 4.78 is 0. The molecule has 21 heavy (non-hydrogen) atoms. The van der Waals surface area contributed by atoms with Crippen molar-refractivity contribution in [1.82, 2.24) is 20.3 Å². The highest BCUT2D eigenvalue weighted by molar-refractivity contribution is 5.26. The fraction of sp³-hybridized carbons (Fsp3) is 0.471. The summed E-state index contributed by atoms with van der Waals surface area (Å²) in [6.07, 6.45) is 6.57. The van der Waals surface area contributed by atoms with Crippen LogP contribution in [0, 0.1) is 13.8 Å². The molecule has 0 aliphatic rings. The molecule has 0 amide bonds. The van der Waals surface area contributed by atoms with Crippen LogP contribution in [0.15, 0.2) is 24.5 Å². The molecule has 2 rings (SSSR count). The third-order valence-electron chi connectivity index (χ3n) is 3.58. The van der Waals surface area contributed by atoms with E-state index in [1.54, 1.807) is 6.20 Å². The molecule has 0 spiro atoms. The number of rotatable bonds is 7. The second-order valence-electron chi connectivity index (χ2n) is 5.28. The molecule has 4 nitrogen and oxygen atoms in total. The summed E-state index contributed by atoms with van der Waals surface area (Å²) in [7, 11) is 0. The Kier molecular flexibility index (Phi) is 5.81. The Labute approximate surface area is 127 Å². The maximum absolute atomic E-state index is 4.67. The Balaban J connectivity index is 2.06. The van der Waals surface area contributed by atoms with E-state index in [0.29, 0.717) is 0 Å².